The van der Waals surface area contributed by atoms with Crippen LogP contribution in [-0.4, -0.2) is 49.6 Å². The second kappa shape index (κ2) is 8.72. The predicted molar refractivity (Wildman–Crippen MR) is 73.6 cm³/mol. The van der Waals surface area contributed by atoms with Crippen LogP contribution in [0.4, 0.5) is 0 Å². The topological polar surface area (TPSA) is 44.4 Å². The van der Waals surface area contributed by atoms with Crippen LogP contribution in [-0.2, 0) is 4.79 Å². The maximum absolute atomic E-state index is 11.8. The van der Waals surface area contributed by atoms with Gasteiger partial charge in [-0.1, -0.05) is 13.8 Å². The highest BCUT2D eigenvalue weighted by Gasteiger charge is 2.15. The number of rotatable bonds is 4. The maximum atomic E-state index is 11.8. The standard InChI is InChI=1S/C12H25N3O.ClH/c1-10(2)11(3)14-12(16)9-15-7-4-5-13-6-8-15;/h10-11,13H,4-9H2,1-3H3,(H,14,16);1H. The Hall–Kier alpha value is -0.320. The molecule has 0 saturated carbocycles. The number of nitrogens with zero attached hydrogens (tertiary/aromatic N) is 1. The van der Waals surface area contributed by atoms with Crippen LogP contribution in [0.1, 0.15) is 27.2 Å². The first-order chi connectivity index (χ1) is 7.59. The van der Waals surface area contributed by atoms with Gasteiger partial charge in [0.15, 0.2) is 0 Å². The molecule has 2 N–H and O–H groups in total. The molecule has 1 aliphatic heterocycles. The normalized spacial score (nSPS) is 19.3. The van der Waals surface area contributed by atoms with Gasteiger partial charge in [0.1, 0.15) is 0 Å². The van der Waals surface area contributed by atoms with Gasteiger partial charge in [0.2, 0.25) is 5.91 Å². The lowest BCUT2D eigenvalue weighted by molar-refractivity contribution is -0.123. The summed E-state index contributed by atoms with van der Waals surface area (Å²) in [5.74, 6) is 0.651. The lowest BCUT2D eigenvalue weighted by Gasteiger charge is -2.22. The number of hydrogen-bond acceptors (Lipinski definition) is 3. The van der Waals surface area contributed by atoms with Crippen molar-refractivity contribution in [2.24, 2.45) is 5.92 Å². The summed E-state index contributed by atoms with van der Waals surface area (Å²) in [5, 5.41) is 6.38. The first-order valence-electron chi connectivity index (χ1n) is 6.32. The third-order valence-corrected chi connectivity index (χ3v) is 3.19. The van der Waals surface area contributed by atoms with E-state index in [4.69, 9.17) is 0 Å². The molecule has 4 nitrogen and oxygen atoms in total. The number of carbonyl (C=O) groups excluding carboxylic acids is 1. The maximum Gasteiger partial charge on any atom is 0.234 e. The zero-order valence-electron chi connectivity index (χ0n) is 11.2. The Bertz CT molecular complexity index is 216. The molecule has 1 fully saturated rings. The SMILES string of the molecule is CC(C)C(C)NC(=O)CN1CCCNCC1.Cl. The van der Waals surface area contributed by atoms with Crippen molar-refractivity contribution in [3.05, 3.63) is 0 Å². The summed E-state index contributed by atoms with van der Waals surface area (Å²) in [5.41, 5.74) is 0. The smallest absolute Gasteiger partial charge is 0.234 e. The van der Waals surface area contributed by atoms with E-state index in [2.05, 4.69) is 36.3 Å². The van der Waals surface area contributed by atoms with Gasteiger partial charge in [-0.3, -0.25) is 9.69 Å². The van der Waals surface area contributed by atoms with Gasteiger partial charge in [-0.15, -0.1) is 12.4 Å². The van der Waals surface area contributed by atoms with E-state index in [0.717, 1.165) is 32.6 Å². The van der Waals surface area contributed by atoms with Crippen molar-refractivity contribution < 1.29 is 4.79 Å². The summed E-state index contributed by atoms with van der Waals surface area (Å²) < 4.78 is 0. The van der Waals surface area contributed by atoms with E-state index in [1.807, 2.05) is 0 Å². The minimum absolute atomic E-state index is 0. The molecule has 0 spiro atoms. The Balaban J connectivity index is 0.00000256. The lowest BCUT2D eigenvalue weighted by atomic mass is 10.1. The van der Waals surface area contributed by atoms with Crippen molar-refractivity contribution in [3.63, 3.8) is 0 Å². The van der Waals surface area contributed by atoms with Gasteiger partial charge in [0, 0.05) is 19.1 Å². The fourth-order valence-electron chi connectivity index (χ4n) is 1.73. The number of nitrogens with one attached hydrogen (secondary N) is 2. The second-order valence-electron chi connectivity index (χ2n) is 4.98. The molecule has 1 aliphatic rings. The predicted octanol–water partition coefficient (Wildman–Crippen LogP) is 0.864. The summed E-state index contributed by atoms with van der Waals surface area (Å²) in [4.78, 5) is 14.0. The molecule has 1 amide bonds. The van der Waals surface area contributed by atoms with E-state index in [0.29, 0.717) is 12.5 Å². The molecule has 0 bridgehead atoms. The fraction of sp³-hybridized carbons (Fsp3) is 0.917. The molecule has 1 rings (SSSR count). The van der Waals surface area contributed by atoms with Gasteiger partial charge in [0.05, 0.1) is 6.54 Å². The van der Waals surface area contributed by atoms with E-state index in [9.17, 15) is 4.79 Å². The van der Waals surface area contributed by atoms with Crippen molar-refractivity contribution in [3.8, 4) is 0 Å². The monoisotopic (exact) mass is 263 g/mol. The Kier molecular flexibility index (Phi) is 8.56. The van der Waals surface area contributed by atoms with Crippen molar-refractivity contribution in [2.45, 2.75) is 33.2 Å². The molecule has 0 aromatic carbocycles. The average Bonchev–Trinajstić information content (AvgIpc) is 2.45. The molecular weight excluding hydrogens is 238 g/mol. The number of amides is 1. The molecule has 5 heteroatoms. The molecule has 0 aromatic heterocycles. The van der Waals surface area contributed by atoms with Crippen LogP contribution >= 0.6 is 12.4 Å². The summed E-state index contributed by atoms with van der Waals surface area (Å²) in [7, 11) is 0. The Morgan fingerprint density at radius 1 is 1.29 bits per heavy atom. The first-order valence-corrected chi connectivity index (χ1v) is 6.32. The zero-order chi connectivity index (χ0) is 12.0. The second-order valence-corrected chi connectivity index (χ2v) is 4.98. The van der Waals surface area contributed by atoms with Crippen molar-refractivity contribution >= 4 is 18.3 Å². The molecule has 1 atom stereocenters. The van der Waals surface area contributed by atoms with Crippen molar-refractivity contribution in [1.82, 2.24) is 15.5 Å². The highest BCUT2D eigenvalue weighted by atomic mass is 35.5. The van der Waals surface area contributed by atoms with Crippen LogP contribution in [0.3, 0.4) is 0 Å². The minimum atomic E-state index is 0. The van der Waals surface area contributed by atoms with Gasteiger partial charge in [-0.25, -0.2) is 0 Å². The fourth-order valence-corrected chi connectivity index (χ4v) is 1.73. The summed E-state index contributed by atoms with van der Waals surface area (Å²) in [6.45, 7) is 10.9. The van der Waals surface area contributed by atoms with Crippen LogP contribution in [0.2, 0.25) is 0 Å². The summed E-state index contributed by atoms with van der Waals surface area (Å²) >= 11 is 0. The molecule has 1 unspecified atom stereocenters. The Morgan fingerprint density at radius 3 is 2.65 bits per heavy atom. The molecule has 102 valence electrons. The third-order valence-electron chi connectivity index (χ3n) is 3.19. The minimum Gasteiger partial charge on any atom is -0.352 e. The Morgan fingerprint density at radius 2 is 2.00 bits per heavy atom. The molecule has 0 aliphatic carbocycles. The van der Waals surface area contributed by atoms with Crippen molar-refractivity contribution in [1.29, 1.82) is 0 Å². The third kappa shape index (κ3) is 6.86. The quantitative estimate of drug-likeness (QED) is 0.791. The average molecular weight is 264 g/mol. The molecular formula is C12H26ClN3O. The van der Waals surface area contributed by atoms with Crippen molar-refractivity contribution in [2.75, 3.05) is 32.7 Å². The van der Waals surface area contributed by atoms with Crippen LogP contribution in [0, 0.1) is 5.92 Å². The molecule has 0 aromatic rings. The molecule has 1 heterocycles. The number of halogens is 1. The number of hydrogen-bond donors (Lipinski definition) is 2. The van der Waals surface area contributed by atoms with Gasteiger partial charge in [-0.05, 0) is 32.4 Å². The van der Waals surface area contributed by atoms with E-state index < -0.39 is 0 Å². The van der Waals surface area contributed by atoms with Crippen LogP contribution in [0.15, 0.2) is 0 Å². The Labute approximate surface area is 111 Å². The zero-order valence-corrected chi connectivity index (χ0v) is 12.0. The van der Waals surface area contributed by atoms with Crippen LogP contribution in [0.5, 0.6) is 0 Å². The van der Waals surface area contributed by atoms with Gasteiger partial charge >= 0.3 is 0 Å². The van der Waals surface area contributed by atoms with Gasteiger partial charge < -0.3 is 10.6 Å². The first kappa shape index (κ1) is 16.7. The lowest BCUT2D eigenvalue weighted by Crippen LogP contribution is -2.43. The van der Waals surface area contributed by atoms with Gasteiger partial charge in [0.25, 0.3) is 0 Å². The number of carbonyl (C=O) groups is 1. The largest absolute Gasteiger partial charge is 0.352 e. The summed E-state index contributed by atoms with van der Waals surface area (Å²) in [6.07, 6.45) is 1.13. The van der Waals surface area contributed by atoms with Gasteiger partial charge in [-0.2, -0.15) is 0 Å². The van der Waals surface area contributed by atoms with E-state index in [-0.39, 0.29) is 24.4 Å². The van der Waals surface area contributed by atoms with Crippen LogP contribution in [0.25, 0.3) is 0 Å². The molecule has 1 saturated heterocycles. The summed E-state index contributed by atoms with van der Waals surface area (Å²) in [6, 6.07) is 0.262. The molecule has 0 radical (unpaired) electrons. The van der Waals surface area contributed by atoms with E-state index >= 15 is 0 Å². The van der Waals surface area contributed by atoms with E-state index in [1.165, 1.54) is 0 Å². The molecule has 17 heavy (non-hydrogen) atoms. The van der Waals surface area contributed by atoms with Crippen LogP contribution < -0.4 is 10.6 Å². The highest BCUT2D eigenvalue weighted by molar-refractivity contribution is 5.85. The highest BCUT2D eigenvalue weighted by Crippen LogP contribution is 2.00. The van der Waals surface area contributed by atoms with E-state index in [1.54, 1.807) is 0 Å².